The highest BCUT2D eigenvalue weighted by Gasteiger charge is 2.40. The van der Waals surface area contributed by atoms with Gasteiger partial charge in [0.05, 0.1) is 13.2 Å². The summed E-state index contributed by atoms with van der Waals surface area (Å²) in [6.07, 6.45) is 2.61. The first-order valence-corrected chi connectivity index (χ1v) is 4.15. The fraction of sp³-hybridized carbons (Fsp3) is 1.00. The molecule has 2 heteroatoms. The van der Waals surface area contributed by atoms with Crippen molar-refractivity contribution < 1.29 is 9.47 Å². The predicted octanol–water partition coefficient (Wildman–Crippen LogP) is 1.41. The van der Waals surface area contributed by atoms with Crippen LogP contribution in [0.5, 0.6) is 0 Å². The monoisotopic (exact) mass is 142 g/mol. The standard InChI is InChI=1S/C8H14O2/c1-2-6-5-10-8-7(6)3-4-9-8/h6-8H,2-5H2,1H3/t6?,7?,8-/m1/s1. The van der Waals surface area contributed by atoms with Crippen LogP contribution in [0.4, 0.5) is 0 Å². The quantitative estimate of drug-likeness (QED) is 0.551. The summed E-state index contributed by atoms with van der Waals surface area (Å²) in [6, 6.07) is 0. The molecule has 2 fully saturated rings. The first-order chi connectivity index (χ1) is 4.92. The average molecular weight is 142 g/mol. The summed E-state index contributed by atoms with van der Waals surface area (Å²) >= 11 is 0. The van der Waals surface area contributed by atoms with Gasteiger partial charge in [0.15, 0.2) is 6.29 Å². The minimum Gasteiger partial charge on any atom is -0.352 e. The largest absolute Gasteiger partial charge is 0.352 e. The molecule has 10 heavy (non-hydrogen) atoms. The Kier molecular flexibility index (Phi) is 1.66. The van der Waals surface area contributed by atoms with Crippen molar-refractivity contribution in [1.29, 1.82) is 0 Å². The van der Waals surface area contributed by atoms with E-state index in [1.165, 1.54) is 12.8 Å². The molecule has 3 atom stereocenters. The van der Waals surface area contributed by atoms with Crippen LogP contribution in [0, 0.1) is 11.8 Å². The molecule has 2 rings (SSSR count). The van der Waals surface area contributed by atoms with Crippen LogP contribution in [0.1, 0.15) is 19.8 Å². The molecule has 0 amide bonds. The van der Waals surface area contributed by atoms with E-state index in [1.54, 1.807) is 0 Å². The van der Waals surface area contributed by atoms with Gasteiger partial charge in [-0.25, -0.2) is 0 Å². The van der Waals surface area contributed by atoms with Crippen LogP contribution in [-0.2, 0) is 9.47 Å². The molecule has 0 N–H and O–H groups in total. The second-order valence-corrected chi connectivity index (χ2v) is 3.19. The number of hydrogen-bond acceptors (Lipinski definition) is 2. The van der Waals surface area contributed by atoms with Crippen molar-refractivity contribution in [3.63, 3.8) is 0 Å². The van der Waals surface area contributed by atoms with Gasteiger partial charge in [0.1, 0.15) is 0 Å². The summed E-state index contributed by atoms with van der Waals surface area (Å²) in [5.74, 6) is 1.48. The van der Waals surface area contributed by atoms with Crippen LogP contribution in [0.3, 0.4) is 0 Å². The van der Waals surface area contributed by atoms with Crippen molar-refractivity contribution in [2.45, 2.75) is 26.1 Å². The topological polar surface area (TPSA) is 18.5 Å². The van der Waals surface area contributed by atoms with Crippen molar-refractivity contribution in [2.75, 3.05) is 13.2 Å². The SMILES string of the molecule is CCC1CO[C@H]2OCCC12. The van der Waals surface area contributed by atoms with E-state index in [4.69, 9.17) is 9.47 Å². The molecule has 0 spiro atoms. The van der Waals surface area contributed by atoms with Gasteiger partial charge in [-0.15, -0.1) is 0 Å². The predicted molar refractivity (Wildman–Crippen MR) is 37.6 cm³/mol. The number of ether oxygens (including phenoxy) is 2. The number of fused-ring (bicyclic) bond motifs is 1. The highest BCUT2D eigenvalue weighted by atomic mass is 16.7. The maximum absolute atomic E-state index is 5.46. The van der Waals surface area contributed by atoms with Crippen LogP contribution >= 0.6 is 0 Å². The molecule has 2 aliphatic heterocycles. The van der Waals surface area contributed by atoms with E-state index in [0.29, 0.717) is 5.92 Å². The zero-order chi connectivity index (χ0) is 6.97. The second kappa shape index (κ2) is 2.51. The van der Waals surface area contributed by atoms with E-state index in [0.717, 1.165) is 19.1 Å². The van der Waals surface area contributed by atoms with Crippen LogP contribution in [0.2, 0.25) is 0 Å². The molecule has 2 aliphatic rings. The number of rotatable bonds is 1. The van der Waals surface area contributed by atoms with E-state index >= 15 is 0 Å². The molecular weight excluding hydrogens is 128 g/mol. The van der Waals surface area contributed by atoms with E-state index in [9.17, 15) is 0 Å². The van der Waals surface area contributed by atoms with Crippen molar-refractivity contribution in [1.82, 2.24) is 0 Å². The van der Waals surface area contributed by atoms with Crippen molar-refractivity contribution in [2.24, 2.45) is 11.8 Å². The lowest BCUT2D eigenvalue weighted by molar-refractivity contribution is -0.0905. The van der Waals surface area contributed by atoms with Crippen LogP contribution < -0.4 is 0 Å². The van der Waals surface area contributed by atoms with Crippen molar-refractivity contribution in [3.8, 4) is 0 Å². The van der Waals surface area contributed by atoms with Gasteiger partial charge in [0.2, 0.25) is 0 Å². The summed E-state index contributed by atoms with van der Waals surface area (Å²) in [6.45, 7) is 4.06. The summed E-state index contributed by atoms with van der Waals surface area (Å²) in [7, 11) is 0. The van der Waals surface area contributed by atoms with E-state index in [2.05, 4.69) is 6.92 Å². The Labute approximate surface area is 61.5 Å². The first kappa shape index (κ1) is 6.62. The molecular formula is C8H14O2. The first-order valence-electron chi connectivity index (χ1n) is 4.15. The fourth-order valence-electron chi connectivity index (χ4n) is 1.97. The maximum atomic E-state index is 5.46. The lowest BCUT2D eigenvalue weighted by atomic mass is 9.91. The molecule has 2 unspecified atom stereocenters. The van der Waals surface area contributed by atoms with Gasteiger partial charge in [-0.05, 0) is 12.3 Å². The van der Waals surface area contributed by atoms with E-state index in [-0.39, 0.29) is 6.29 Å². The van der Waals surface area contributed by atoms with Gasteiger partial charge >= 0.3 is 0 Å². The molecule has 0 aromatic heterocycles. The summed E-state index contributed by atoms with van der Waals surface area (Å²) in [5, 5.41) is 0. The lowest BCUT2D eigenvalue weighted by Crippen LogP contribution is -2.13. The molecule has 0 bridgehead atoms. The second-order valence-electron chi connectivity index (χ2n) is 3.19. The van der Waals surface area contributed by atoms with Crippen LogP contribution in [-0.4, -0.2) is 19.5 Å². The maximum Gasteiger partial charge on any atom is 0.160 e. The minimum absolute atomic E-state index is 0.157. The van der Waals surface area contributed by atoms with Crippen LogP contribution in [0.15, 0.2) is 0 Å². The molecule has 2 saturated heterocycles. The Balaban J connectivity index is 2.01. The average Bonchev–Trinajstić information content (AvgIpc) is 2.44. The third kappa shape index (κ3) is 0.867. The van der Waals surface area contributed by atoms with E-state index < -0.39 is 0 Å². The number of hydrogen-bond donors (Lipinski definition) is 0. The molecule has 0 aromatic carbocycles. The zero-order valence-corrected chi connectivity index (χ0v) is 6.38. The van der Waals surface area contributed by atoms with Gasteiger partial charge in [-0.3, -0.25) is 0 Å². The molecule has 58 valence electrons. The smallest absolute Gasteiger partial charge is 0.160 e. The Morgan fingerprint density at radius 2 is 2.30 bits per heavy atom. The van der Waals surface area contributed by atoms with Crippen molar-refractivity contribution in [3.05, 3.63) is 0 Å². The van der Waals surface area contributed by atoms with Gasteiger partial charge in [0.25, 0.3) is 0 Å². The van der Waals surface area contributed by atoms with Gasteiger partial charge in [-0.2, -0.15) is 0 Å². The van der Waals surface area contributed by atoms with Gasteiger partial charge in [0, 0.05) is 5.92 Å². The molecule has 2 nitrogen and oxygen atoms in total. The Bertz CT molecular complexity index is 124. The fourth-order valence-corrected chi connectivity index (χ4v) is 1.97. The Hall–Kier alpha value is -0.0800. The minimum atomic E-state index is 0.157. The summed E-state index contributed by atoms with van der Waals surface area (Å²) < 4.78 is 10.8. The summed E-state index contributed by atoms with van der Waals surface area (Å²) in [5.41, 5.74) is 0. The van der Waals surface area contributed by atoms with Gasteiger partial charge < -0.3 is 9.47 Å². The molecule has 0 aliphatic carbocycles. The highest BCUT2D eigenvalue weighted by Crippen LogP contribution is 2.36. The van der Waals surface area contributed by atoms with Gasteiger partial charge in [-0.1, -0.05) is 13.3 Å². The highest BCUT2D eigenvalue weighted by molar-refractivity contribution is 4.81. The molecule has 0 radical (unpaired) electrons. The Morgan fingerprint density at radius 1 is 1.40 bits per heavy atom. The van der Waals surface area contributed by atoms with E-state index in [1.807, 2.05) is 0 Å². The normalized spacial score (nSPS) is 45.9. The lowest BCUT2D eigenvalue weighted by Gasteiger charge is -2.10. The molecule has 0 saturated carbocycles. The summed E-state index contributed by atoms with van der Waals surface area (Å²) in [4.78, 5) is 0. The zero-order valence-electron chi connectivity index (χ0n) is 6.38. The molecule has 0 aromatic rings. The third-order valence-corrected chi connectivity index (χ3v) is 2.69. The van der Waals surface area contributed by atoms with Crippen LogP contribution in [0.25, 0.3) is 0 Å². The molecule has 2 heterocycles. The Morgan fingerprint density at radius 3 is 3.10 bits per heavy atom. The van der Waals surface area contributed by atoms with Crippen molar-refractivity contribution >= 4 is 0 Å². The third-order valence-electron chi connectivity index (χ3n) is 2.69.